The van der Waals surface area contributed by atoms with Crippen molar-refractivity contribution in [1.29, 1.82) is 0 Å². The molecule has 0 aliphatic carbocycles. The van der Waals surface area contributed by atoms with Gasteiger partial charge in [0.2, 0.25) is 0 Å². The summed E-state index contributed by atoms with van der Waals surface area (Å²) in [6.07, 6.45) is 2.54. The summed E-state index contributed by atoms with van der Waals surface area (Å²) in [6.45, 7) is 7.50. The second-order valence-electron chi connectivity index (χ2n) is 8.08. The SMILES string of the molecule is Cc1cccc(N2CC3(CCN(CCc4ccccc4)CC3)OC(C)C2=O)n1. The zero-order valence-corrected chi connectivity index (χ0v) is 16.8. The monoisotopic (exact) mass is 379 g/mol. The molecule has 4 rings (SSSR count). The number of nitrogens with zero attached hydrogens (tertiary/aromatic N) is 3. The highest BCUT2D eigenvalue weighted by Crippen LogP contribution is 2.34. The van der Waals surface area contributed by atoms with Gasteiger partial charge in [0.15, 0.2) is 0 Å². The van der Waals surface area contributed by atoms with Gasteiger partial charge in [-0.05, 0) is 50.8 Å². The molecule has 1 aromatic carbocycles. The van der Waals surface area contributed by atoms with E-state index < -0.39 is 6.10 Å². The van der Waals surface area contributed by atoms with Gasteiger partial charge in [-0.25, -0.2) is 4.98 Å². The largest absolute Gasteiger partial charge is 0.360 e. The predicted octanol–water partition coefficient (Wildman–Crippen LogP) is 3.22. The molecule has 2 fully saturated rings. The Labute approximate surface area is 167 Å². The third-order valence-electron chi connectivity index (χ3n) is 5.96. The maximum atomic E-state index is 12.7. The molecule has 1 aromatic heterocycles. The number of aromatic nitrogens is 1. The second-order valence-corrected chi connectivity index (χ2v) is 8.08. The molecule has 0 N–H and O–H groups in total. The molecule has 2 saturated heterocycles. The lowest BCUT2D eigenvalue weighted by Gasteiger charge is -2.48. The molecule has 2 aliphatic rings. The summed E-state index contributed by atoms with van der Waals surface area (Å²) in [6, 6.07) is 16.5. The van der Waals surface area contributed by atoms with Crippen molar-refractivity contribution in [3.63, 3.8) is 0 Å². The summed E-state index contributed by atoms with van der Waals surface area (Å²) in [5, 5.41) is 0. The molecule has 1 atom stereocenters. The molecule has 3 heterocycles. The van der Waals surface area contributed by atoms with Gasteiger partial charge in [0.25, 0.3) is 5.91 Å². The number of amides is 1. The summed E-state index contributed by atoms with van der Waals surface area (Å²) >= 11 is 0. The summed E-state index contributed by atoms with van der Waals surface area (Å²) in [5.41, 5.74) is 2.05. The van der Waals surface area contributed by atoms with Crippen LogP contribution in [-0.2, 0) is 16.0 Å². The number of likely N-dealkylation sites (tertiary alicyclic amines) is 1. The first kappa shape index (κ1) is 19.1. The first-order chi connectivity index (χ1) is 13.5. The Morgan fingerprint density at radius 2 is 1.86 bits per heavy atom. The van der Waals surface area contributed by atoms with E-state index >= 15 is 0 Å². The fourth-order valence-corrected chi connectivity index (χ4v) is 4.31. The van der Waals surface area contributed by atoms with Crippen LogP contribution in [-0.4, -0.2) is 53.7 Å². The topological polar surface area (TPSA) is 45.7 Å². The van der Waals surface area contributed by atoms with Gasteiger partial charge >= 0.3 is 0 Å². The van der Waals surface area contributed by atoms with E-state index in [2.05, 4.69) is 40.2 Å². The van der Waals surface area contributed by atoms with Crippen LogP contribution in [0.25, 0.3) is 0 Å². The highest BCUT2D eigenvalue weighted by molar-refractivity contribution is 5.96. The number of benzene rings is 1. The van der Waals surface area contributed by atoms with Gasteiger partial charge in [0.05, 0.1) is 12.1 Å². The molecule has 0 radical (unpaired) electrons. The maximum absolute atomic E-state index is 12.7. The Morgan fingerprint density at radius 3 is 2.57 bits per heavy atom. The van der Waals surface area contributed by atoms with Crippen molar-refractivity contribution in [3.05, 3.63) is 59.8 Å². The van der Waals surface area contributed by atoms with E-state index in [1.165, 1.54) is 5.56 Å². The van der Waals surface area contributed by atoms with Gasteiger partial charge in [-0.15, -0.1) is 0 Å². The minimum absolute atomic E-state index is 0.00947. The number of ether oxygens (including phenoxy) is 1. The Morgan fingerprint density at radius 1 is 1.11 bits per heavy atom. The van der Waals surface area contributed by atoms with Crippen LogP contribution in [0.2, 0.25) is 0 Å². The molecule has 1 spiro atoms. The van der Waals surface area contributed by atoms with Crippen molar-refractivity contribution in [2.75, 3.05) is 31.1 Å². The van der Waals surface area contributed by atoms with E-state index in [1.807, 2.05) is 36.9 Å². The Balaban J connectivity index is 1.40. The normalized spacial score (nSPS) is 22.6. The van der Waals surface area contributed by atoms with Crippen molar-refractivity contribution in [2.45, 2.75) is 44.8 Å². The van der Waals surface area contributed by atoms with Crippen LogP contribution in [0.15, 0.2) is 48.5 Å². The number of piperidine rings is 1. The van der Waals surface area contributed by atoms with E-state index in [0.717, 1.165) is 50.4 Å². The standard InChI is InChI=1S/C23H29N3O2/c1-18-7-6-10-21(24-18)26-17-23(28-19(2)22(26)27)12-15-25(16-13-23)14-11-20-8-4-3-5-9-20/h3-10,19H,11-17H2,1-2H3. The van der Waals surface area contributed by atoms with E-state index in [4.69, 9.17) is 4.74 Å². The van der Waals surface area contributed by atoms with Gasteiger partial charge in [-0.1, -0.05) is 36.4 Å². The van der Waals surface area contributed by atoms with E-state index in [1.54, 1.807) is 0 Å². The minimum atomic E-state index is -0.424. The molecule has 2 aliphatic heterocycles. The molecule has 2 aromatic rings. The van der Waals surface area contributed by atoms with E-state index in [9.17, 15) is 4.79 Å². The smallest absolute Gasteiger partial charge is 0.257 e. The average molecular weight is 380 g/mol. The first-order valence-corrected chi connectivity index (χ1v) is 10.2. The third kappa shape index (κ3) is 4.10. The fourth-order valence-electron chi connectivity index (χ4n) is 4.31. The maximum Gasteiger partial charge on any atom is 0.257 e. The number of morpholine rings is 1. The number of aryl methyl sites for hydroxylation is 1. The van der Waals surface area contributed by atoms with Gasteiger partial charge < -0.3 is 9.64 Å². The number of hydrogen-bond acceptors (Lipinski definition) is 4. The van der Waals surface area contributed by atoms with Crippen LogP contribution in [0.3, 0.4) is 0 Å². The van der Waals surface area contributed by atoms with Crippen molar-refractivity contribution in [3.8, 4) is 0 Å². The average Bonchev–Trinajstić information content (AvgIpc) is 2.71. The van der Waals surface area contributed by atoms with Crippen LogP contribution in [0.1, 0.15) is 31.0 Å². The Hall–Kier alpha value is -2.24. The molecular formula is C23H29N3O2. The van der Waals surface area contributed by atoms with Gasteiger partial charge in [-0.2, -0.15) is 0 Å². The summed E-state index contributed by atoms with van der Waals surface area (Å²) < 4.78 is 6.27. The van der Waals surface area contributed by atoms with Gasteiger partial charge in [-0.3, -0.25) is 9.69 Å². The second kappa shape index (κ2) is 8.02. The highest BCUT2D eigenvalue weighted by atomic mass is 16.5. The van der Waals surface area contributed by atoms with E-state index in [0.29, 0.717) is 6.54 Å². The quantitative estimate of drug-likeness (QED) is 0.818. The fraction of sp³-hybridized carbons (Fsp3) is 0.478. The summed E-state index contributed by atoms with van der Waals surface area (Å²) in [4.78, 5) is 21.7. The lowest BCUT2D eigenvalue weighted by atomic mass is 9.88. The van der Waals surface area contributed by atoms with Crippen molar-refractivity contribution < 1.29 is 9.53 Å². The van der Waals surface area contributed by atoms with Crippen LogP contribution in [0.5, 0.6) is 0 Å². The minimum Gasteiger partial charge on any atom is -0.360 e. The molecule has 5 heteroatoms. The number of anilines is 1. The zero-order valence-electron chi connectivity index (χ0n) is 16.8. The number of pyridine rings is 1. The first-order valence-electron chi connectivity index (χ1n) is 10.2. The molecule has 5 nitrogen and oxygen atoms in total. The number of carbonyl (C=O) groups excluding carboxylic acids is 1. The molecule has 1 amide bonds. The van der Waals surface area contributed by atoms with Crippen LogP contribution in [0.4, 0.5) is 5.82 Å². The van der Waals surface area contributed by atoms with E-state index in [-0.39, 0.29) is 11.5 Å². The van der Waals surface area contributed by atoms with Crippen molar-refractivity contribution in [1.82, 2.24) is 9.88 Å². The van der Waals surface area contributed by atoms with Crippen LogP contribution < -0.4 is 4.90 Å². The Bertz CT molecular complexity index is 816. The molecule has 0 saturated carbocycles. The number of carbonyl (C=O) groups is 1. The Kier molecular flexibility index (Phi) is 5.47. The zero-order chi connectivity index (χ0) is 19.6. The lowest BCUT2D eigenvalue weighted by molar-refractivity contribution is -0.161. The van der Waals surface area contributed by atoms with Crippen molar-refractivity contribution >= 4 is 11.7 Å². The summed E-state index contributed by atoms with van der Waals surface area (Å²) in [7, 11) is 0. The molecular weight excluding hydrogens is 350 g/mol. The summed E-state index contributed by atoms with van der Waals surface area (Å²) in [5.74, 6) is 0.751. The lowest BCUT2D eigenvalue weighted by Crippen LogP contribution is -2.61. The molecule has 28 heavy (non-hydrogen) atoms. The molecule has 0 bridgehead atoms. The van der Waals surface area contributed by atoms with Gasteiger partial charge in [0, 0.05) is 25.3 Å². The van der Waals surface area contributed by atoms with Gasteiger partial charge in [0.1, 0.15) is 11.9 Å². The highest BCUT2D eigenvalue weighted by Gasteiger charge is 2.46. The number of hydrogen-bond donors (Lipinski definition) is 0. The third-order valence-corrected chi connectivity index (χ3v) is 5.96. The van der Waals surface area contributed by atoms with Crippen LogP contribution >= 0.6 is 0 Å². The predicted molar refractivity (Wildman–Crippen MR) is 110 cm³/mol. The van der Waals surface area contributed by atoms with Crippen molar-refractivity contribution in [2.24, 2.45) is 0 Å². The van der Waals surface area contributed by atoms with Crippen LogP contribution in [0, 0.1) is 6.92 Å². The molecule has 1 unspecified atom stereocenters. The number of rotatable bonds is 4. The molecule has 148 valence electrons.